The largest absolute Gasteiger partial charge is 0.507 e. The summed E-state index contributed by atoms with van der Waals surface area (Å²) >= 11 is 0. The Bertz CT molecular complexity index is 3520. The Kier molecular flexibility index (Phi) is 7.65. The second-order valence-electron chi connectivity index (χ2n) is 18.4. The smallest absolute Gasteiger partial charge is 0.149 e. The molecule has 292 valence electrons. The maximum Gasteiger partial charge on any atom is 0.149 e. The third-order valence-corrected chi connectivity index (χ3v) is 12.4. The second kappa shape index (κ2) is 12.7. The molecule has 0 bridgehead atoms. The number of aromatic nitrogens is 5. The van der Waals surface area contributed by atoms with Gasteiger partial charge in [0.15, 0.2) is 0 Å². The van der Waals surface area contributed by atoms with Gasteiger partial charge in [0, 0.05) is 32.8 Å². The van der Waals surface area contributed by atoms with E-state index < -0.39 is 0 Å². The first kappa shape index (κ1) is 36.1. The fourth-order valence-corrected chi connectivity index (χ4v) is 9.40. The number of aryl methyl sites for hydroxylation is 1. The summed E-state index contributed by atoms with van der Waals surface area (Å²) in [6.07, 6.45) is 1.68. The Labute approximate surface area is 348 Å². The van der Waals surface area contributed by atoms with E-state index in [4.69, 9.17) is 15.0 Å². The van der Waals surface area contributed by atoms with Gasteiger partial charge >= 0.3 is 0 Å². The van der Waals surface area contributed by atoms with Gasteiger partial charge in [0.25, 0.3) is 0 Å². The van der Waals surface area contributed by atoms with Gasteiger partial charge in [-0.25, -0.2) is 15.0 Å². The number of hydrogen-bond donors (Lipinski definition) is 1. The van der Waals surface area contributed by atoms with Crippen LogP contribution < -0.4 is 0 Å². The fourth-order valence-electron chi connectivity index (χ4n) is 9.40. The highest BCUT2D eigenvalue weighted by Crippen LogP contribution is 2.46. The minimum Gasteiger partial charge on any atom is -0.507 e. The molecule has 11 rings (SSSR count). The molecule has 6 heteroatoms. The molecule has 7 aromatic carbocycles. The molecule has 0 saturated heterocycles. The molecule has 1 N–H and O–H groups in total. The zero-order valence-electron chi connectivity index (χ0n) is 35.0. The number of phenolic OH excluding ortho intramolecular Hbond substituents is 1. The molecule has 0 radical (unpaired) electrons. The Morgan fingerprint density at radius 3 is 2.12 bits per heavy atom. The number of rotatable bonds is 4. The molecule has 11 aromatic rings. The zero-order valence-corrected chi connectivity index (χ0v) is 35.0. The van der Waals surface area contributed by atoms with Crippen molar-refractivity contribution in [3.8, 4) is 45.1 Å². The molecule has 4 aromatic heterocycles. The lowest BCUT2D eigenvalue weighted by molar-refractivity contribution is 0.446. The van der Waals surface area contributed by atoms with Crippen molar-refractivity contribution in [3.63, 3.8) is 0 Å². The Hall–Kier alpha value is -7.05. The van der Waals surface area contributed by atoms with Crippen molar-refractivity contribution in [2.24, 2.45) is 0 Å². The summed E-state index contributed by atoms with van der Waals surface area (Å²) in [6.45, 7) is 15.3. The average Bonchev–Trinajstić information content (AvgIpc) is 3.79. The maximum absolute atomic E-state index is 12.4. The summed E-state index contributed by atoms with van der Waals surface area (Å²) in [5, 5.41) is 16.9. The normalized spacial score (nSPS) is 12.7. The first-order valence-corrected chi connectivity index (χ1v) is 20.7. The number of aromatic hydroxyl groups is 1. The van der Waals surface area contributed by atoms with Crippen LogP contribution in [0.1, 0.15) is 58.2 Å². The summed E-state index contributed by atoms with van der Waals surface area (Å²) in [6, 6.07) is 47.6. The minimum absolute atomic E-state index is 0.172. The number of fused-ring (bicyclic) bond motifs is 7. The number of benzene rings is 7. The van der Waals surface area contributed by atoms with Crippen LogP contribution in [0.2, 0.25) is 0 Å². The van der Waals surface area contributed by atoms with Crippen LogP contribution in [-0.4, -0.2) is 29.0 Å². The van der Waals surface area contributed by atoms with Crippen LogP contribution in [0.4, 0.5) is 0 Å². The third-order valence-electron chi connectivity index (χ3n) is 12.4. The van der Waals surface area contributed by atoms with Crippen molar-refractivity contribution in [1.82, 2.24) is 23.9 Å². The van der Waals surface area contributed by atoms with Crippen LogP contribution >= 0.6 is 0 Å². The highest BCUT2D eigenvalue weighted by Gasteiger charge is 2.29. The van der Waals surface area contributed by atoms with Crippen molar-refractivity contribution >= 4 is 60.2 Å². The predicted molar refractivity (Wildman–Crippen MR) is 249 cm³/mol. The minimum atomic E-state index is -0.314. The molecular formula is C54H45N5O. The molecular weight excluding hydrogens is 735 g/mol. The molecule has 0 fully saturated rings. The number of para-hydroxylation sites is 2. The van der Waals surface area contributed by atoms with Gasteiger partial charge in [0.1, 0.15) is 17.9 Å². The van der Waals surface area contributed by atoms with E-state index in [0.717, 1.165) is 88.5 Å². The van der Waals surface area contributed by atoms with E-state index in [1.165, 1.54) is 16.3 Å². The molecule has 0 spiro atoms. The van der Waals surface area contributed by atoms with E-state index in [9.17, 15) is 5.11 Å². The number of imidazole rings is 1. The van der Waals surface area contributed by atoms with E-state index >= 15 is 0 Å². The summed E-state index contributed by atoms with van der Waals surface area (Å²) in [4.78, 5) is 15.3. The molecule has 0 unspecified atom stereocenters. The highest BCUT2D eigenvalue weighted by atomic mass is 16.3. The van der Waals surface area contributed by atoms with Gasteiger partial charge in [0.05, 0.1) is 55.3 Å². The number of pyridine rings is 1. The lowest BCUT2D eigenvalue weighted by Gasteiger charge is -2.27. The zero-order chi connectivity index (χ0) is 41.2. The molecule has 0 atom stereocenters. The predicted octanol–water partition coefficient (Wildman–Crippen LogP) is 13.7. The molecule has 60 heavy (non-hydrogen) atoms. The van der Waals surface area contributed by atoms with E-state index in [2.05, 4.69) is 191 Å². The van der Waals surface area contributed by atoms with Gasteiger partial charge in [-0.2, -0.15) is 0 Å². The third kappa shape index (κ3) is 5.29. The SMILES string of the molecule is Cc1ccc(-n2c(-c3cc(C(C)(C)C)cc(C(C)(C)C)c3O)nc3c(-c4ccc5c(c4)c4ncnc6ccc7c8ccccc8n5c7c64)cccc32)c(-c2ccccc2)c1. The van der Waals surface area contributed by atoms with Crippen molar-refractivity contribution < 1.29 is 5.11 Å². The van der Waals surface area contributed by atoms with E-state index in [1.54, 1.807) is 6.33 Å². The number of phenols is 1. The number of hydrogen-bond acceptors (Lipinski definition) is 4. The van der Waals surface area contributed by atoms with E-state index in [0.29, 0.717) is 11.4 Å². The maximum atomic E-state index is 12.4. The first-order valence-electron chi connectivity index (χ1n) is 20.7. The highest BCUT2D eigenvalue weighted by molar-refractivity contribution is 6.27. The summed E-state index contributed by atoms with van der Waals surface area (Å²) < 4.78 is 4.65. The molecule has 0 amide bonds. The topological polar surface area (TPSA) is 68.2 Å². The van der Waals surface area contributed by atoms with Gasteiger partial charge < -0.3 is 9.51 Å². The van der Waals surface area contributed by atoms with Crippen LogP contribution in [0.15, 0.2) is 140 Å². The van der Waals surface area contributed by atoms with E-state index in [-0.39, 0.29) is 16.6 Å². The Balaban J connectivity index is 1.24. The quantitative estimate of drug-likeness (QED) is 0.143. The van der Waals surface area contributed by atoms with Crippen molar-refractivity contribution in [1.29, 1.82) is 0 Å². The van der Waals surface area contributed by atoms with Crippen LogP contribution in [-0.2, 0) is 10.8 Å². The fraction of sp³-hybridized carbons (Fsp3) is 0.167. The molecule has 0 saturated carbocycles. The summed E-state index contributed by atoms with van der Waals surface area (Å²) in [5.41, 5.74) is 15.7. The van der Waals surface area contributed by atoms with Crippen LogP contribution in [0.5, 0.6) is 5.75 Å². The second-order valence-corrected chi connectivity index (χ2v) is 18.4. The Morgan fingerprint density at radius 2 is 1.32 bits per heavy atom. The summed E-state index contributed by atoms with van der Waals surface area (Å²) in [5.74, 6) is 0.950. The van der Waals surface area contributed by atoms with Crippen LogP contribution in [0.25, 0.3) is 99.5 Å². The van der Waals surface area contributed by atoms with Gasteiger partial charge in [0.2, 0.25) is 0 Å². The van der Waals surface area contributed by atoms with Crippen molar-refractivity contribution in [3.05, 3.63) is 156 Å². The molecule has 0 aliphatic rings. The molecule has 0 aliphatic carbocycles. The molecule has 4 heterocycles. The van der Waals surface area contributed by atoms with Crippen molar-refractivity contribution in [2.75, 3.05) is 0 Å². The van der Waals surface area contributed by atoms with Gasteiger partial charge in [-0.05, 0) is 89.0 Å². The molecule has 6 nitrogen and oxygen atoms in total. The number of nitrogens with zero attached hydrogens (tertiary/aromatic N) is 5. The van der Waals surface area contributed by atoms with Crippen LogP contribution in [0.3, 0.4) is 0 Å². The van der Waals surface area contributed by atoms with Gasteiger partial charge in [-0.15, -0.1) is 0 Å². The lowest BCUT2D eigenvalue weighted by Crippen LogP contribution is -2.17. The van der Waals surface area contributed by atoms with E-state index in [1.807, 2.05) is 0 Å². The lowest BCUT2D eigenvalue weighted by atomic mass is 9.79. The standard InChI is InChI=1S/C54H45N5O/c1-31-20-24-44(38(26-31)32-14-9-8-10-15-32)59-46-19-13-17-35(48(46)57-52(59)40-28-34(53(2,3)4)29-41(51(40)60)54(5,6)7)33-21-25-45-39(27-33)49-47-42(55-30-56-49)23-22-37-36-16-11-12-18-43(36)58(45)50(37)47/h8-30,60H,1-7H3. The molecule has 0 aliphatic heterocycles. The van der Waals surface area contributed by atoms with Crippen LogP contribution in [0, 0.1) is 6.92 Å². The van der Waals surface area contributed by atoms with Gasteiger partial charge in [-0.3, -0.25) is 4.57 Å². The Morgan fingerprint density at radius 1 is 0.550 bits per heavy atom. The summed E-state index contributed by atoms with van der Waals surface area (Å²) in [7, 11) is 0. The average molecular weight is 780 g/mol. The first-order chi connectivity index (χ1) is 28.9. The van der Waals surface area contributed by atoms with Gasteiger partial charge in [-0.1, -0.05) is 126 Å². The monoisotopic (exact) mass is 779 g/mol. The van der Waals surface area contributed by atoms with Crippen molar-refractivity contribution in [2.45, 2.75) is 59.3 Å².